The van der Waals surface area contributed by atoms with Crippen molar-refractivity contribution in [1.82, 2.24) is 14.6 Å². The second-order valence-electron chi connectivity index (χ2n) is 3.74. The summed E-state index contributed by atoms with van der Waals surface area (Å²) in [5.41, 5.74) is 8.98. The van der Waals surface area contributed by atoms with E-state index in [9.17, 15) is 0 Å². The Labute approximate surface area is 82.8 Å². The monoisotopic (exact) mass is 190 g/mol. The summed E-state index contributed by atoms with van der Waals surface area (Å²) in [5.74, 6) is 0. The molecule has 1 atom stereocenters. The summed E-state index contributed by atoms with van der Waals surface area (Å²) in [4.78, 5) is 4.16. The molecule has 2 rings (SSSR count). The third-order valence-corrected chi connectivity index (χ3v) is 2.13. The van der Waals surface area contributed by atoms with Crippen LogP contribution in [0.1, 0.15) is 18.2 Å². The molecule has 2 aromatic rings. The van der Waals surface area contributed by atoms with Gasteiger partial charge in [0, 0.05) is 18.2 Å². The molecule has 0 aliphatic rings. The molecule has 0 aliphatic carbocycles. The zero-order valence-corrected chi connectivity index (χ0v) is 8.44. The van der Waals surface area contributed by atoms with E-state index in [1.807, 2.05) is 17.5 Å². The third-order valence-electron chi connectivity index (χ3n) is 2.13. The zero-order valence-electron chi connectivity index (χ0n) is 8.44. The summed E-state index contributed by atoms with van der Waals surface area (Å²) in [6.07, 6.45) is 2.39. The quantitative estimate of drug-likeness (QED) is 0.766. The smallest absolute Gasteiger partial charge is 0.155 e. The number of pyridine rings is 1. The van der Waals surface area contributed by atoms with E-state index in [4.69, 9.17) is 5.73 Å². The summed E-state index contributed by atoms with van der Waals surface area (Å²) in [7, 11) is 0. The number of hydrogen-bond acceptors (Lipinski definition) is 3. The SMILES string of the molecule is Cc1cc(CC(C)N)n2ncnc2c1. The number of fused-ring (bicyclic) bond motifs is 1. The Morgan fingerprint density at radius 3 is 3.00 bits per heavy atom. The minimum Gasteiger partial charge on any atom is -0.328 e. The highest BCUT2D eigenvalue weighted by molar-refractivity contribution is 5.41. The van der Waals surface area contributed by atoms with Crippen molar-refractivity contribution < 1.29 is 0 Å². The molecule has 0 fully saturated rings. The first-order valence-electron chi connectivity index (χ1n) is 4.71. The fourth-order valence-electron chi connectivity index (χ4n) is 1.61. The topological polar surface area (TPSA) is 56.2 Å². The molecule has 4 heteroatoms. The molecule has 0 aromatic carbocycles. The molecule has 0 aliphatic heterocycles. The minimum atomic E-state index is 0.143. The number of aryl methyl sites for hydroxylation is 1. The van der Waals surface area contributed by atoms with Gasteiger partial charge in [-0.3, -0.25) is 0 Å². The number of rotatable bonds is 2. The standard InChI is InChI=1S/C10H14N4/c1-7-3-9(5-8(2)11)14-10(4-7)12-6-13-14/h3-4,6,8H,5,11H2,1-2H3. The first-order chi connectivity index (χ1) is 6.66. The Hall–Kier alpha value is -1.42. The lowest BCUT2D eigenvalue weighted by Gasteiger charge is -2.07. The molecule has 2 heterocycles. The van der Waals surface area contributed by atoms with Crippen molar-refractivity contribution in [1.29, 1.82) is 0 Å². The van der Waals surface area contributed by atoms with Crippen molar-refractivity contribution in [3.05, 3.63) is 29.7 Å². The predicted molar refractivity (Wildman–Crippen MR) is 55.1 cm³/mol. The lowest BCUT2D eigenvalue weighted by molar-refractivity contribution is 0.697. The molecule has 2 N–H and O–H groups in total. The molecule has 1 unspecified atom stereocenters. The van der Waals surface area contributed by atoms with Gasteiger partial charge >= 0.3 is 0 Å². The average molecular weight is 190 g/mol. The molecule has 0 spiro atoms. The maximum Gasteiger partial charge on any atom is 0.155 e. The van der Waals surface area contributed by atoms with Crippen LogP contribution in [0, 0.1) is 6.92 Å². The summed E-state index contributed by atoms with van der Waals surface area (Å²) in [6, 6.07) is 4.26. The number of nitrogens with zero attached hydrogens (tertiary/aromatic N) is 3. The van der Waals surface area contributed by atoms with Gasteiger partial charge in [-0.05, 0) is 31.5 Å². The predicted octanol–water partition coefficient (Wildman–Crippen LogP) is 0.927. The molecular formula is C10H14N4. The molecule has 0 saturated heterocycles. The van der Waals surface area contributed by atoms with Gasteiger partial charge in [0.2, 0.25) is 0 Å². The van der Waals surface area contributed by atoms with Crippen molar-refractivity contribution in [2.24, 2.45) is 5.73 Å². The van der Waals surface area contributed by atoms with Crippen LogP contribution in [-0.4, -0.2) is 20.6 Å². The van der Waals surface area contributed by atoms with E-state index in [2.05, 4.69) is 23.1 Å². The van der Waals surface area contributed by atoms with Crippen LogP contribution in [0.15, 0.2) is 18.5 Å². The van der Waals surface area contributed by atoms with Crippen molar-refractivity contribution >= 4 is 5.65 Å². The van der Waals surface area contributed by atoms with Gasteiger partial charge in [-0.1, -0.05) is 0 Å². The van der Waals surface area contributed by atoms with Gasteiger partial charge in [-0.25, -0.2) is 9.50 Å². The zero-order chi connectivity index (χ0) is 10.1. The van der Waals surface area contributed by atoms with Crippen molar-refractivity contribution in [3.8, 4) is 0 Å². The van der Waals surface area contributed by atoms with Gasteiger partial charge in [0.25, 0.3) is 0 Å². The molecule has 0 bridgehead atoms. The molecule has 14 heavy (non-hydrogen) atoms. The van der Waals surface area contributed by atoms with E-state index >= 15 is 0 Å². The van der Waals surface area contributed by atoms with E-state index in [1.165, 1.54) is 5.56 Å². The Morgan fingerprint density at radius 2 is 2.29 bits per heavy atom. The first kappa shape index (κ1) is 9.15. The van der Waals surface area contributed by atoms with Gasteiger partial charge in [0.1, 0.15) is 6.33 Å². The van der Waals surface area contributed by atoms with Crippen LogP contribution in [-0.2, 0) is 6.42 Å². The van der Waals surface area contributed by atoms with Gasteiger partial charge in [-0.15, -0.1) is 0 Å². The minimum absolute atomic E-state index is 0.143. The lowest BCUT2D eigenvalue weighted by Crippen LogP contribution is -2.19. The third kappa shape index (κ3) is 1.61. The highest BCUT2D eigenvalue weighted by atomic mass is 15.3. The summed E-state index contributed by atoms with van der Waals surface area (Å²) in [6.45, 7) is 4.05. The van der Waals surface area contributed by atoms with Crippen molar-refractivity contribution in [3.63, 3.8) is 0 Å². The van der Waals surface area contributed by atoms with Crippen LogP contribution in [0.4, 0.5) is 0 Å². The van der Waals surface area contributed by atoms with E-state index in [0.717, 1.165) is 17.8 Å². The first-order valence-corrected chi connectivity index (χ1v) is 4.71. The second-order valence-corrected chi connectivity index (χ2v) is 3.74. The van der Waals surface area contributed by atoms with Crippen LogP contribution < -0.4 is 5.73 Å². The number of aromatic nitrogens is 3. The molecule has 0 saturated carbocycles. The Balaban J connectivity index is 2.55. The fraction of sp³-hybridized carbons (Fsp3) is 0.400. The van der Waals surface area contributed by atoms with E-state index in [1.54, 1.807) is 6.33 Å². The van der Waals surface area contributed by atoms with Crippen molar-refractivity contribution in [2.45, 2.75) is 26.3 Å². The average Bonchev–Trinajstić information content (AvgIpc) is 2.50. The van der Waals surface area contributed by atoms with Crippen LogP contribution in [0.25, 0.3) is 5.65 Å². The van der Waals surface area contributed by atoms with Gasteiger partial charge in [-0.2, -0.15) is 5.10 Å². The number of hydrogen-bond donors (Lipinski definition) is 1. The van der Waals surface area contributed by atoms with Crippen LogP contribution in [0.5, 0.6) is 0 Å². The molecule has 74 valence electrons. The normalized spacial score (nSPS) is 13.4. The van der Waals surface area contributed by atoms with E-state index in [-0.39, 0.29) is 6.04 Å². The molecule has 0 radical (unpaired) electrons. The molecular weight excluding hydrogens is 176 g/mol. The highest BCUT2D eigenvalue weighted by Gasteiger charge is 2.05. The van der Waals surface area contributed by atoms with E-state index in [0.29, 0.717) is 0 Å². The summed E-state index contributed by atoms with van der Waals surface area (Å²) in [5, 5.41) is 4.16. The summed E-state index contributed by atoms with van der Waals surface area (Å²) >= 11 is 0. The number of nitrogens with two attached hydrogens (primary N) is 1. The van der Waals surface area contributed by atoms with Gasteiger partial charge < -0.3 is 5.73 Å². The van der Waals surface area contributed by atoms with E-state index < -0.39 is 0 Å². The van der Waals surface area contributed by atoms with Crippen LogP contribution in [0.3, 0.4) is 0 Å². The second kappa shape index (κ2) is 3.38. The highest BCUT2D eigenvalue weighted by Crippen LogP contribution is 2.09. The maximum absolute atomic E-state index is 5.77. The molecule has 4 nitrogen and oxygen atoms in total. The molecule has 0 amide bonds. The largest absolute Gasteiger partial charge is 0.328 e. The van der Waals surface area contributed by atoms with Crippen LogP contribution in [0.2, 0.25) is 0 Å². The Bertz CT molecular complexity index is 444. The Morgan fingerprint density at radius 1 is 1.50 bits per heavy atom. The van der Waals surface area contributed by atoms with Crippen LogP contribution >= 0.6 is 0 Å². The summed E-state index contributed by atoms with van der Waals surface area (Å²) < 4.78 is 1.84. The van der Waals surface area contributed by atoms with Gasteiger partial charge in [0.05, 0.1) is 0 Å². The Kier molecular flexibility index (Phi) is 2.21. The fourth-order valence-corrected chi connectivity index (χ4v) is 1.61. The lowest BCUT2D eigenvalue weighted by atomic mass is 10.1. The van der Waals surface area contributed by atoms with Crippen molar-refractivity contribution in [2.75, 3.05) is 0 Å². The molecule has 2 aromatic heterocycles. The maximum atomic E-state index is 5.77. The van der Waals surface area contributed by atoms with Gasteiger partial charge in [0.15, 0.2) is 5.65 Å².